The Morgan fingerprint density at radius 2 is 2.29 bits per heavy atom. The molecule has 0 saturated carbocycles. The van der Waals surface area contributed by atoms with Gasteiger partial charge in [0.05, 0.1) is 11.7 Å². The van der Waals surface area contributed by atoms with Crippen LogP contribution in [0.15, 0.2) is 22.6 Å². The number of carboxylic acids is 1. The summed E-state index contributed by atoms with van der Waals surface area (Å²) >= 11 is 1.36. The van der Waals surface area contributed by atoms with Gasteiger partial charge in [0.2, 0.25) is 5.91 Å². The van der Waals surface area contributed by atoms with E-state index in [9.17, 15) is 14.4 Å². The lowest BCUT2D eigenvalue weighted by molar-refractivity contribution is -0.148. The van der Waals surface area contributed by atoms with Crippen molar-refractivity contribution in [2.24, 2.45) is 0 Å². The first-order valence-corrected chi connectivity index (χ1v) is 7.41. The molecule has 2 aromatic heterocycles. The number of rotatable bonds is 3. The molecule has 7 nitrogen and oxygen atoms in total. The number of thiophene rings is 1. The van der Waals surface area contributed by atoms with Gasteiger partial charge < -0.3 is 10.0 Å². The molecule has 0 aromatic carbocycles. The lowest BCUT2D eigenvalue weighted by atomic mass is 10.2. The number of nitrogens with zero attached hydrogens (tertiary/aromatic N) is 3. The number of hydrogen-bond donors (Lipinski definition) is 1. The molecular formula is C13H13N3O4S. The van der Waals surface area contributed by atoms with Crippen LogP contribution in [-0.4, -0.2) is 44.0 Å². The number of carbonyl (C=O) groups excluding carboxylic acids is 1. The van der Waals surface area contributed by atoms with Crippen molar-refractivity contribution >= 4 is 33.4 Å². The highest BCUT2D eigenvalue weighted by Gasteiger charge is 2.33. The standard InChI is InChI=1S/C13H13N3O4S/c17-10(16-4-1-2-9(16)13(19)20)6-15-7-14-11-8(12(15)18)3-5-21-11/h3,5,7,9H,1-2,4,6H2,(H,19,20)/t9-/m1/s1. The molecule has 0 bridgehead atoms. The number of carboxylic acid groups (broad SMARTS) is 1. The van der Waals surface area contributed by atoms with E-state index in [1.165, 1.54) is 27.1 Å². The molecule has 1 amide bonds. The largest absolute Gasteiger partial charge is 0.480 e. The predicted molar refractivity (Wildman–Crippen MR) is 76.3 cm³/mol. The van der Waals surface area contributed by atoms with Crippen molar-refractivity contribution in [2.75, 3.05) is 6.54 Å². The van der Waals surface area contributed by atoms with E-state index in [1.54, 1.807) is 11.4 Å². The maximum atomic E-state index is 12.2. The molecule has 0 unspecified atom stereocenters. The molecule has 1 atom stereocenters. The second-order valence-electron chi connectivity index (χ2n) is 4.90. The number of hydrogen-bond acceptors (Lipinski definition) is 5. The van der Waals surface area contributed by atoms with Gasteiger partial charge in [-0.25, -0.2) is 9.78 Å². The number of aliphatic carboxylic acids is 1. The Balaban J connectivity index is 1.85. The van der Waals surface area contributed by atoms with Crippen LogP contribution in [0, 0.1) is 0 Å². The first kappa shape index (κ1) is 13.7. The normalized spacial score (nSPS) is 18.3. The van der Waals surface area contributed by atoms with Crippen LogP contribution in [0.2, 0.25) is 0 Å². The zero-order valence-corrected chi connectivity index (χ0v) is 11.9. The molecule has 1 N–H and O–H groups in total. The predicted octanol–water partition coefficient (Wildman–Crippen LogP) is 0.534. The molecule has 0 aliphatic carbocycles. The number of carbonyl (C=O) groups is 2. The Labute approximate surface area is 123 Å². The molecule has 0 radical (unpaired) electrons. The van der Waals surface area contributed by atoms with Gasteiger partial charge >= 0.3 is 5.97 Å². The number of aromatic nitrogens is 2. The quantitative estimate of drug-likeness (QED) is 0.893. The fraction of sp³-hybridized carbons (Fsp3) is 0.385. The van der Waals surface area contributed by atoms with E-state index in [1.807, 2.05) is 0 Å². The van der Waals surface area contributed by atoms with Crippen molar-refractivity contribution in [1.82, 2.24) is 14.5 Å². The summed E-state index contributed by atoms with van der Waals surface area (Å²) in [4.78, 5) is 41.6. The lowest BCUT2D eigenvalue weighted by Gasteiger charge is -2.21. The molecule has 1 fully saturated rings. The van der Waals surface area contributed by atoms with Crippen molar-refractivity contribution in [3.8, 4) is 0 Å². The summed E-state index contributed by atoms with van der Waals surface area (Å²) in [6.07, 6.45) is 2.46. The molecule has 1 aliphatic rings. The van der Waals surface area contributed by atoms with E-state index in [0.717, 1.165) is 0 Å². The summed E-state index contributed by atoms with van der Waals surface area (Å²) in [6, 6.07) is 0.887. The van der Waals surface area contributed by atoms with Gasteiger partial charge in [0.1, 0.15) is 17.4 Å². The first-order chi connectivity index (χ1) is 10.1. The van der Waals surface area contributed by atoms with Gasteiger partial charge in [-0.15, -0.1) is 11.3 Å². The zero-order valence-electron chi connectivity index (χ0n) is 11.1. The third kappa shape index (κ3) is 2.42. The minimum atomic E-state index is -1.00. The van der Waals surface area contributed by atoms with Crippen molar-refractivity contribution in [3.05, 3.63) is 28.1 Å². The van der Waals surface area contributed by atoms with Gasteiger partial charge in [-0.3, -0.25) is 14.2 Å². The summed E-state index contributed by atoms with van der Waals surface area (Å²) in [5.41, 5.74) is -0.277. The molecule has 3 rings (SSSR count). The SMILES string of the molecule is O=C(O)[C@H]1CCCN1C(=O)Cn1cnc2sccc2c1=O. The smallest absolute Gasteiger partial charge is 0.326 e. The highest BCUT2D eigenvalue weighted by atomic mass is 32.1. The topological polar surface area (TPSA) is 92.5 Å². The minimum Gasteiger partial charge on any atom is -0.480 e. The Morgan fingerprint density at radius 3 is 3.05 bits per heavy atom. The van der Waals surface area contributed by atoms with Crippen LogP contribution in [-0.2, 0) is 16.1 Å². The maximum absolute atomic E-state index is 12.2. The van der Waals surface area contributed by atoms with Crippen LogP contribution < -0.4 is 5.56 Å². The summed E-state index contributed by atoms with van der Waals surface area (Å²) in [5.74, 6) is -1.36. The van der Waals surface area contributed by atoms with Crippen LogP contribution in [0.5, 0.6) is 0 Å². The van der Waals surface area contributed by atoms with E-state index in [-0.39, 0.29) is 18.0 Å². The molecular weight excluding hydrogens is 294 g/mol. The molecule has 0 spiro atoms. The van der Waals surface area contributed by atoms with Crippen LogP contribution in [0.25, 0.3) is 10.2 Å². The van der Waals surface area contributed by atoms with E-state index < -0.39 is 12.0 Å². The number of amides is 1. The van der Waals surface area contributed by atoms with Crippen molar-refractivity contribution in [2.45, 2.75) is 25.4 Å². The third-order valence-electron chi connectivity index (χ3n) is 3.61. The highest BCUT2D eigenvalue weighted by molar-refractivity contribution is 7.16. The van der Waals surface area contributed by atoms with Gasteiger partial charge in [0.15, 0.2) is 0 Å². The number of likely N-dealkylation sites (tertiary alicyclic amines) is 1. The fourth-order valence-electron chi connectivity index (χ4n) is 2.56. The Hall–Kier alpha value is -2.22. The Kier molecular flexibility index (Phi) is 3.46. The lowest BCUT2D eigenvalue weighted by Crippen LogP contribution is -2.43. The molecule has 1 aliphatic heterocycles. The van der Waals surface area contributed by atoms with E-state index in [0.29, 0.717) is 29.6 Å². The highest BCUT2D eigenvalue weighted by Crippen LogP contribution is 2.18. The van der Waals surface area contributed by atoms with Gasteiger partial charge in [-0.1, -0.05) is 0 Å². The fourth-order valence-corrected chi connectivity index (χ4v) is 3.29. The van der Waals surface area contributed by atoms with Crippen molar-refractivity contribution in [1.29, 1.82) is 0 Å². The van der Waals surface area contributed by atoms with Gasteiger partial charge in [-0.05, 0) is 24.3 Å². The third-order valence-corrected chi connectivity index (χ3v) is 4.43. The average Bonchev–Trinajstić information content (AvgIpc) is 3.09. The van der Waals surface area contributed by atoms with E-state index in [2.05, 4.69) is 4.98 Å². The maximum Gasteiger partial charge on any atom is 0.326 e. The minimum absolute atomic E-state index is 0.179. The summed E-state index contributed by atoms with van der Waals surface area (Å²) in [5, 5.41) is 11.3. The Bertz CT molecular complexity index is 766. The second kappa shape index (κ2) is 5.28. The Morgan fingerprint density at radius 1 is 1.48 bits per heavy atom. The van der Waals surface area contributed by atoms with Crippen LogP contribution in [0.4, 0.5) is 0 Å². The molecule has 110 valence electrons. The molecule has 21 heavy (non-hydrogen) atoms. The van der Waals surface area contributed by atoms with Crippen LogP contribution in [0.3, 0.4) is 0 Å². The summed E-state index contributed by atoms with van der Waals surface area (Å²) < 4.78 is 1.23. The zero-order chi connectivity index (χ0) is 15.0. The van der Waals surface area contributed by atoms with E-state index >= 15 is 0 Å². The number of fused-ring (bicyclic) bond motifs is 1. The molecule has 3 heterocycles. The van der Waals surface area contributed by atoms with Crippen molar-refractivity contribution < 1.29 is 14.7 Å². The summed E-state index contributed by atoms with van der Waals surface area (Å²) in [7, 11) is 0. The second-order valence-corrected chi connectivity index (χ2v) is 5.80. The van der Waals surface area contributed by atoms with Crippen molar-refractivity contribution in [3.63, 3.8) is 0 Å². The van der Waals surface area contributed by atoms with Gasteiger partial charge in [0, 0.05) is 6.54 Å². The molecule has 8 heteroatoms. The van der Waals surface area contributed by atoms with Gasteiger partial charge in [0.25, 0.3) is 5.56 Å². The molecule has 2 aromatic rings. The van der Waals surface area contributed by atoms with Crippen LogP contribution >= 0.6 is 11.3 Å². The van der Waals surface area contributed by atoms with E-state index in [4.69, 9.17) is 5.11 Å². The monoisotopic (exact) mass is 307 g/mol. The molecule has 1 saturated heterocycles. The van der Waals surface area contributed by atoms with Crippen LogP contribution in [0.1, 0.15) is 12.8 Å². The average molecular weight is 307 g/mol. The first-order valence-electron chi connectivity index (χ1n) is 6.53. The summed E-state index contributed by atoms with van der Waals surface area (Å²) in [6.45, 7) is 0.236. The van der Waals surface area contributed by atoms with Gasteiger partial charge in [-0.2, -0.15) is 0 Å².